The van der Waals surface area contributed by atoms with Crippen molar-refractivity contribution in [2.45, 2.75) is 88.5 Å². The Morgan fingerprint density at radius 1 is 0.976 bits per heavy atom. The molecule has 3 rings (SSSR count). The minimum atomic E-state index is -3.54. The summed E-state index contributed by atoms with van der Waals surface area (Å²) in [5.74, 6) is -1.48. The Morgan fingerprint density at radius 3 is 2.21 bits per heavy atom. The van der Waals surface area contributed by atoms with Crippen molar-refractivity contribution in [3.05, 3.63) is 48.6 Å². The second kappa shape index (κ2) is 16.5. The molecule has 5 atom stereocenters. The molecular formula is C32H51N3O6S. The fourth-order valence-corrected chi connectivity index (χ4v) is 7.46. The molecule has 1 aromatic rings. The maximum atomic E-state index is 13.7. The molecule has 10 heteroatoms. The van der Waals surface area contributed by atoms with Crippen LogP contribution in [0.4, 0.5) is 0 Å². The molecular weight excluding hydrogens is 554 g/mol. The lowest BCUT2D eigenvalue weighted by Crippen LogP contribution is -2.56. The van der Waals surface area contributed by atoms with Crippen molar-refractivity contribution in [1.82, 2.24) is 15.5 Å². The quantitative estimate of drug-likeness (QED) is 0.189. The number of sulfone groups is 1. The highest BCUT2D eigenvalue weighted by Crippen LogP contribution is 2.34. The number of rotatable bonds is 18. The molecule has 0 spiro atoms. The van der Waals surface area contributed by atoms with Crippen molar-refractivity contribution in [1.29, 1.82) is 0 Å². The third-order valence-electron chi connectivity index (χ3n) is 8.54. The van der Waals surface area contributed by atoms with Crippen LogP contribution >= 0.6 is 0 Å². The number of carbonyl (C=O) groups excluding carboxylic acids is 2. The summed E-state index contributed by atoms with van der Waals surface area (Å²) in [6, 6.07) is 7.73. The van der Waals surface area contributed by atoms with Gasteiger partial charge < -0.3 is 25.7 Å². The van der Waals surface area contributed by atoms with Gasteiger partial charge in [0, 0.05) is 6.54 Å². The van der Waals surface area contributed by atoms with E-state index in [-0.39, 0.29) is 17.9 Å². The minimum absolute atomic E-state index is 0.0586. The van der Waals surface area contributed by atoms with E-state index in [9.17, 15) is 28.2 Å². The van der Waals surface area contributed by atoms with Crippen molar-refractivity contribution in [3.63, 3.8) is 0 Å². The molecule has 4 N–H and O–H groups in total. The maximum Gasteiger partial charge on any atom is 0.242 e. The normalized spacial score (nSPS) is 19.8. The van der Waals surface area contributed by atoms with E-state index >= 15 is 0 Å². The molecule has 0 aliphatic heterocycles. The zero-order valence-electron chi connectivity index (χ0n) is 25.3. The van der Waals surface area contributed by atoms with Crippen molar-refractivity contribution in [3.8, 4) is 0 Å². The predicted molar refractivity (Wildman–Crippen MR) is 165 cm³/mol. The van der Waals surface area contributed by atoms with Gasteiger partial charge in [0.1, 0.15) is 12.1 Å². The Labute approximate surface area is 252 Å². The number of amides is 2. The average Bonchev–Trinajstić information content (AvgIpc) is 3.79. The van der Waals surface area contributed by atoms with Gasteiger partial charge in [0.15, 0.2) is 9.84 Å². The molecule has 0 saturated heterocycles. The first-order valence-electron chi connectivity index (χ1n) is 15.5. The Bertz CT molecular complexity index is 1100. The predicted octanol–water partition coefficient (Wildman–Crippen LogP) is 2.47. The zero-order chi connectivity index (χ0) is 30.7. The van der Waals surface area contributed by atoms with Crippen LogP contribution in [0.2, 0.25) is 0 Å². The number of nitrogens with one attached hydrogen (secondary N) is 2. The monoisotopic (exact) mass is 605 g/mol. The van der Waals surface area contributed by atoms with E-state index in [1.807, 2.05) is 30.3 Å². The summed E-state index contributed by atoms with van der Waals surface area (Å²) in [5.41, 5.74) is 0.845. The van der Waals surface area contributed by atoms with E-state index in [2.05, 4.69) is 17.2 Å². The molecule has 9 nitrogen and oxygen atoms in total. The average molecular weight is 606 g/mol. The Balaban J connectivity index is 1.77. The first-order chi connectivity index (χ1) is 20.0. The van der Waals surface area contributed by atoms with Gasteiger partial charge in [0.2, 0.25) is 11.8 Å². The van der Waals surface area contributed by atoms with Crippen LogP contribution in [0.1, 0.15) is 63.4 Å². The van der Waals surface area contributed by atoms with Crippen LogP contribution in [0.25, 0.3) is 0 Å². The van der Waals surface area contributed by atoms with E-state index in [1.165, 1.54) is 12.5 Å². The molecule has 0 radical (unpaired) electrons. The molecule has 2 fully saturated rings. The van der Waals surface area contributed by atoms with Crippen molar-refractivity contribution in [2.75, 3.05) is 32.1 Å². The molecule has 1 aromatic carbocycles. The molecule has 2 aliphatic rings. The van der Waals surface area contributed by atoms with Crippen LogP contribution in [0.15, 0.2) is 43.0 Å². The van der Waals surface area contributed by atoms with Crippen molar-refractivity contribution in [2.24, 2.45) is 17.8 Å². The van der Waals surface area contributed by atoms with Crippen LogP contribution in [-0.4, -0.2) is 91.8 Å². The van der Waals surface area contributed by atoms with E-state index < -0.39 is 51.9 Å². The first-order valence-corrected chi connectivity index (χ1v) is 17.3. The minimum Gasteiger partial charge on any atom is -0.388 e. The molecule has 0 heterocycles. The van der Waals surface area contributed by atoms with Crippen LogP contribution in [0.3, 0.4) is 0 Å². The van der Waals surface area contributed by atoms with Gasteiger partial charge in [0.25, 0.3) is 0 Å². The number of carbonyl (C=O) groups is 2. The smallest absolute Gasteiger partial charge is 0.242 e. The topological polar surface area (TPSA) is 136 Å². The SMILES string of the molecule is C=C[C@H](O)[C@H](O)[C@H](CC1CCCCC1)NC(=O)[C@H](CC1CC1)NC(=O)[C@H](Cc1ccccc1)CS(=O)(=O)CCN(C)C. The molecule has 2 amide bonds. The lowest BCUT2D eigenvalue weighted by Gasteiger charge is -2.33. The van der Waals surface area contributed by atoms with Crippen LogP contribution < -0.4 is 10.6 Å². The second-order valence-electron chi connectivity index (χ2n) is 12.6. The highest BCUT2D eigenvalue weighted by Gasteiger charge is 2.36. The van der Waals surface area contributed by atoms with Crippen LogP contribution in [0.5, 0.6) is 0 Å². The van der Waals surface area contributed by atoms with Gasteiger partial charge in [-0.2, -0.15) is 0 Å². The highest BCUT2D eigenvalue weighted by molar-refractivity contribution is 7.91. The summed E-state index contributed by atoms with van der Waals surface area (Å²) >= 11 is 0. The summed E-state index contributed by atoms with van der Waals surface area (Å²) in [6.45, 7) is 3.94. The van der Waals surface area contributed by atoms with Crippen molar-refractivity contribution < 1.29 is 28.2 Å². The van der Waals surface area contributed by atoms with Gasteiger partial charge in [-0.25, -0.2) is 8.42 Å². The van der Waals surface area contributed by atoms with Gasteiger partial charge >= 0.3 is 0 Å². The summed E-state index contributed by atoms with van der Waals surface area (Å²) in [5, 5.41) is 27.1. The van der Waals surface area contributed by atoms with E-state index in [1.54, 1.807) is 19.0 Å². The van der Waals surface area contributed by atoms with Crippen LogP contribution in [-0.2, 0) is 25.8 Å². The summed E-state index contributed by atoms with van der Waals surface area (Å²) < 4.78 is 26.0. The lowest BCUT2D eigenvalue weighted by atomic mass is 9.83. The molecule has 42 heavy (non-hydrogen) atoms. The van der Waals surface area contributed by atoms with E-state index in [4.69, 9.17) is 0 Å². The Morgan fingerprint density at radius 2 is 1.62 bits per heavy atom. The first kappa shape index (κ1) is 34.2. The Hall–Kier alpha value is -2.27. The molecule has 0 aromatic heterocycles. The third kappa shape index (κ3) is 11.8. The zero-order valence-corrected chi connectivity index (χ0v) is 26.1. The molecule has 2 saturated carbocycles. The van der Waals surface area contributed by atoms with Gasteiger partial charge in [-0.15, -0.1) is 6.58 Å². The number of aliphatic hydroxyl groups excluding tert-OH is 2. The second-order valence-corrected chi connectivity index (χ2v) is 14.8. The number of nitrogens with zero attached hydrogens (tertiary/aromatic N) is 1. The van der Waals surface area contributed by atoms with Crippen LogP contribution in [0, 0.1) is 17.8 Å². The largest absolute Gasteiger partial charge is 0.388 e. The molecule has 0 bridgehead atoms. The number of hydrogen-bond acceptors (Lipinski definition) is 7. The summed E-state index contributed by atoms with van der Waals surface area (Å²) in [6.07, 6.45) is 7.39. The molecule has 2 aliphatic carbocycles. The standard InChI is InChI=1S/C32H51N3O6S/c1-4-29(36)30(37)27(20-24-13-9-6-10-14-24)33-32(39)28(21-25-15-16-25)34-31(38)26(19-23-11-7-5-8-12-23)22-42(40,41)18-17-35(2)3/h4-5,7-8,11-12,24-30,36-37H,1,6,9-10,13-22H2,2-3H3,(H,33,39)(H,34,38)/t26-,27+,28+,29+,30-/m1/s1. The van der Waals surface area contributed by atoms with E-state index in [0.29, 0.717) is 31.2 Å². The summed E-state index contributed by atoms with van der Waals surface area (Å²) in [7, 11) is 0.0656. The molecule has 236 valence electrons. The van der Waals surface area contributed by atoms with E-state index in [0.717, 1.165) is 44.1 Å². The lowest BCUT2D eigenvalue weighted by molar-refractivity contribution is -0.132. The summed E-state index contributed by atoms with van der Waals surface area (Å²) in [4.78, 5) is 29.2. The fraction of sp³-hybridized carbons (Fsp3) is 0.688. The van der Waals surface area contributed by atoms with Gasteiger partial charge in [-0.1, -0.05) is 81.4 Å². The third-order valence-corrected chi connectivity index (χ3v) is 10.3. The Kier molecular flexibility index (Phi) is 13.5. The van der Waals surface area contributed by atoms with Gasteiger partial charge in [0.05, 0.1) is 29.6 Å². The van der Waals surface area contributed by atoms with Crippen molar-refractivity contribution >= 4 is 21.7 Å². The highest BCUT2D eigenvalue weighted by atomic mass is 32.2. The van der Waals surface area contributed by atoms with Gasteiger partial charge in [-0.05, 0) is 50.8 Å². The fourth-order valence-electron chi connectivity index (χ4n) is 5.77. The maximum absolute atomic E-state index is 13.7. The number of benzene rings is 1. The van der Waals surface area contributed by atoms with Gasteiger partial charge in [-0.3, -0.25) is 9.59 Å². The molecule has 0 unspecified atom stereocenters. The number of hydrogen-bond donors (Lipinski definition) is 4. The number of aliphatic hydroxyl groups is 2.